The van der Waals surface area contributed by atoms with Crippen LogP contribution in [0.1, 0.15) is 33.1 Å². The normalized spacial score (nSPS) is 20.1. The number of anilines is 1. The lowest BCUT2D eigenvalue weighted by atomic mass is 9.93. The second-order valence-electron chi connectivity index (χ2n) is 6.75. The van der Waals surface area contributed by atoms with E-state index in [2.05, 4.69) is 10.3 Å². The van der Waals surface area contributed by atoms with E-state index in [0.717, 1.165) is 19.3 Å². The monoisotopic (exact) mass is 356 g/mol. The van der Waals surface area contributed by atoms with Crippen LogP contribution in [0.5, 0.6) is 0 Å². The molecule has 0 unspecified atom stereocenters. The van der Waals surface area contributed by atoms with E-state index in [1.54, 1.807) is 12.1 Å². The second-order valence-corrected chi connectivity index (χ2v) is 8.26. The van der Waals surface area contributed by atoms with Gasteiger partial charge in [0.15, 0.2) is 5.03 Å². The topological polar surface area (TPSA) is 126 Å². The number of primary sulfonamides is 1. The van der Waals surface area contributed by atoms with Gasteiger partial charge in [-0.25, -0.2) is 23.3 Å². The van der Waals surface area contributed by atoms with E-state index in [-0.39, 0.29) is 10.6 Å². The molecule has 8 nitrogen and oxygen atoms in total. The Balaban J connectivity index is 1.81. The maximum absolute atomic E-state index is 11.3. The van der Waals surface area contributed by atoms with Gasteiger partial charge in [-0.3, -0.25) is 0 Å². The molecule has 134 valence electrons. The Labute approximate surface area is 142 Å². The molecule has 1 atom stereocenters. The maximum Gasteiger partial charge on any atom is 0.407 e. The summed E-state index contributed by atoms with van der Waals surface area (Å²) in [6.45, 7) is 5.08. The molecule has 1 amide bonds. The molecule has 0 radical (unpaired) electrons. The number of pyridine rings is 1. The Morgan fingerprint density at radius 3 is 2.79 bits per heavy atom. The number of hydrogen-bond donors (Lipinski definition) is 3. The van der Waals surface area contributed by atoms with E-state index in [0.29, 0.717) is 24.8 Å². The highest BCUT2D eigenvalue weighted by molar-refractivity contribution is 7.89. The number of aromatic nitrogens is 1. The summed E-state index contributed by atoms with van der Waals surface area (Å²) in [7, 11) is -3.81. The van der Waals surface area contributed by atoms with Crippen LogP contribution in [0.25, 0.3) is 0 Å². The van der Waals surface area contributed by atoms with Crippen molar-refractivity contribution in [3.05, 3.63) is 18.2 Å². The number of hydrogen-bond acceptors (Lipinski definition) is 5. The summed E-state index contributed by atoms with van der Waals surface area (Å²) in [4.78, 5) is 16.7. The predicted molar refractivity (Wildman–Crippen MR) is 90.3 cm³/mol. The van der Waals surface area contributed by atoms with Crippen molar-refractivity contribution in [3.63, 3.8) is 0 Å². The molecular weight excluding hydrogens is 332 g/mol. The van der Waals surface area contributed by atoms with Crippen molar-refractivity contribution in [1.82, 2.24) is 9.88 Å². The van der Waals surface area contributed by atoms with Gasteiger partial charge in [0.25, 0.3) is 10.0 Å². The summed E-state index contributed by atoms with van der Waals surface area (Å²) in [6, 6.07) is 4.61. The van der Waals surface area contributed by atoms with E-state index in [1.165, 1.54) is 11.0 Å². The average Bonchev–Trinajstić information content (AvgIpc) is 2.78. The Bertz CT molecular complexity index is 705. The molecule has 1 aromatic heterocycles. The minimum Gasteiger partial charge on any atom is -0.465 e. The fourth-order valence-electron chi connectivity index (χ4n) is 3.20. The van der Waals surface area contributed by atoms with Gasteiger partial charge in [-0.2, -0.15) is 0 Å². The standard InChI is InChI=1S/C15H24N4O4S/c1-15(2)9-11(10-19(15)14(20)21)5-4-8-17-12-6-3-7-13(18-12)24(16,22)23/h3,6-7,11H,4-5,8-10H2,1-2H3,(H,17,18)(H,20,21)(H2,16,22,23)/t11-/m1/s1. The maximum atomic E-state index is 11.3. The van der Waals surface area contributed by atoms with Crippen molar-refractivity contribution in [2.45, 2.75) is 43.7 Å². The summed E-state index contributed by atoms with van der Waals surface area (Å²) in [5, 5.41) is 17.2. The largest absolute Gasteiger partial charge is 0.465 e. The molecule has 1 fully saturated rings. The fourth-order valence-corrected chi connectivity index (χ4v) is 3.69. The van der Waals surface area contributed by atoms with Gasteiger partial charge in [-0.15, -0.1) is 0 Å². The Kier molecular flexibility index (Phi) is 5.34. The number of carbonyl (C=O) groups is 1. The van der Waals surface area contributed by atoms with E-state index < -0.39 is 16.1 Å². The van der Waals surface area contributed by atoms with Gasteiger partial charge in [0, 0.05) is 18.6 Å². The fraction of sp³-hybridized carbons (Fsp3) is 0.600. The van der Waals surface area contributed by atoms with Crippen LogP contribution < -0.4 is 10.5 Å². The quantitative estimate of drug-likeness (QED) is 0.666. The highest BCUT2D eigenvalue weighted by Crippen LogP contribution is 2.34. The molecule has 0 aliphatic carbocycles. The zero-order valence-electron chi connectivity index (χ0n) is 13.9. The summed E-state index contributed by atoms with van der Waals surface area (Å²) in [5.41, 5.74) is -0.324. The molecule has 24 heavy (non-hydrogen) atoms. The molecule has 1 aliphatic rings. The van der Waals surface area contributed by atoms with Crippen LogP contribution >= 0.6 is 0 Å². The van der Waals surface area contributed by atoms with Crippen LogP contribution in [-0.2, 0) is 10.0 Å². The number of nitrogens with one attached hydrogen (secondary N) is 1. The Hall–Kier alpha value is -1.87. The molecule has 0 spiro atoms. The highest BCUT2D eigenvalue weighted by Gasteiger charge is 2.40. The molecule has 1 saturated heterocycles. The Morgan fingerprint density at radius 1 is 1.50 bits per heavy atom. The van der Waals surface area contributed by atoms with Crippen molar-refractivity contribution in [1.29, 1.82) is 0 Å². The van der Waals surface area contributed by atoms with Gasteiger partial charge in [-0.1, -0.05) is 6.07 Å². The molecule has 0 saturated carbocycles. The van der Waals surface area contributed by atoms with Gasteiger partial charge in [0.1, 0.15) is 5.82 Å². The first-order valence-electron chi connectivity index (χ1n) is 7.84. The number of rotatable bonds is 6. The third-order valence-corrected chi connectivity index (χ3v) is 5.11. The first-order chi connectivity index (χ1) is 11.1. The van der Waals surface area contributed by atoms with Gasteiger partial charge >= 0.3 is 6.09 Å². The lowest BCUT2D eigenvalue weighted by molar-refractivity contribution is 0.117. The highest BCUT2D eigenvalue weighted by atomic mass is 32.2. The first-order valence-corrected chi connectivity index (χ1v) is 9.38. The second kappa shape index (κ2) is 6.94. The molecule has 0 aromatic carbocycles. The Morgan fingerprint density at radius 2 is 2.21 bits per heavy atom. The smallest absolute Gasteiger partial charge is 0.407 e. The van der Waals surface area contributed by atoms with Crippen LogP contribution in [0, 0.1) is 5.92 Å². The first kappa shape index (κ1) is 18.5. The van der Waals surface area contributed by atoms with E-state index in [1.807, 2.05) is 13.8 Å². The van der Waals surface area contributed by atoms with Crippen LogP contribution in [0.4, 0.5) is 10.6 Å². The van der Waals surface area contributed by atoms with Gasteiger partial charge in [-0.05, 0) is 51.2 Å². The summed E-state index contributed by atoms with van der Waals surface area (Å²) in [6.07, 6.45) is 1.72. The van der Waals surface area contributed by atoms with Crippen molar-refractivity contribution >= 4 is 21.9 Å². The summed E-state index contributed by atoms with van der Waals surface area (Å²) < 4.78 is 22.5. The lowest BCUT2D eigenvalue weighted by Gasteiger charge is -2.28. The zero-order valence-corrected chi connectivity index (χ0v) is 14.7. The van der Waals surface area contributed by atoms with Gasteiger partial charge in [0.2, 0.25) is 0 Å². The third-order valence-electron chi connectivity index (χ3n) is 4.30. The van der Waals surface area contributed by atoms with Crippen molar-refractivity contribution in [2.24, 2.45) is 11.1 Å². The van der Waals surface area contributed by atoms with Crippen LogP contribution in [0.2, 0.25) is 0 Å². The summed E-state index contributed by atoms with van der Waals surface area (Å²) >= 11 is 0. The van der Waals surface area contributed by atoms with Crippen molar-refractivity contribution in [2.75, 3.05) is 18.4 Å². The van der Waals surface area contributed by atoms with E-state index in [4.69, 9.17) is 5.14 Å². The number of sulfonamides is 1. The number of nitrogens with two attached hydrogens (primary N) is 1. The minimum absolute atomic E-state index is 0.165. The molecule has 2 rings (SSSR count). The van der Waals surface area contributed by atoms with Crippen LogP contribution in [0.3, 0.4) is 0 Å². The predicted octanol–water partition coefficient (Wildman–Crippen LogP) is 1.70. The minimum atomic E-state index is -3.81. The molecule has 1 aromatic rings. The van der Waals surface area contributed by atoms with Gasteiger partial charge in [0.05, 0.1) is 0 Å². The average molecular weight is 356 g/mol. The number of nitrogens with zero attached hydrogens (tertiary/aromatic N) is 2. The van der Waals surface area contributed by atoms with Crippen molar-refractivity contribution < 1.29 is 18.3 Å². The van der Waals surface area contributed by atoms with Crippen LogP contribution in [-0.4, -0.2) is 48.1 Å². The van der Waals surface area contributed by atoms with Crippen molar-refractivity contribution in [3.8, 4) is 0 Å². The SMILES string of the molecule is CC1(C)C[C@@H](CCCNc2cccc(S(N)(=O)=O)n2)CN1C(=O)O. The van der Waals surface area contributed by atoms with Crippen LogP contribution in [0.15, 0.2) is 23.2 Å². The zero-order chi connectivity index (χ0) is 18.0. The molecule has 2 heterocycles. The van der Waals surface area contributed by atoms with Gasteiger partial charge < -0.3 is 15.3 Å². The number of amides is 1. The molecule has 9 heteroatoms. The lowest BCUT2D eigenvalue weighted by Crippen LogP contribution is -2.41. The number of likely N-dealkylation sites (tertiary alicyclic amines) is 1. The molecular formula is C15H24N4O4S. The number of carboxylic acid groups (broad SMARTS) is 1. The molecule has 0 bridgehead atoms. The van der Waals surface area contributed by atoms with E-state index in [9.17, 15) is 18.3 Å². The third kappa shape index (κ3) is 4.57. The summed E-state index contributed by atoms with van der Waals surface area (Å²) in [5.74, 6) is 0.794. The molecule has 1 aliphatic heterocycles. The molecule has 4 N–H and O–H groups in total. The van der Waals surface area contributed by atoms with E-state index >= 15 is 0 Å².